The van der Waals surface area contributed by atoms with Crippen LogP contribution in [-0.4, -0.2) is 32.5 Å². The molecule has 2 rings (SSSR count). The molecule has 6 heteroatoms. The van der Waals surface area contributed by atoms with Crippen LogP contribution in [0.3, 0.4) is 0 Å². The van der Waals surface area contributed by atoms with Gasteiger partial charge in [-0.15, -0.1) is 0 Å². The van der Waals surface area contributed by atoms with E-state index < -0.39 is 10.8 Å². The molecule has 1 aromatic heterocycles. The average Bonchev–Trinajstić information content (AvgIpc) is 2.29. The molecule has 15 heavy (non-hydrogen) atoms. The summed E-state index contributed by atoms with van der Waals surface area (Å²) >= 11 is 5.73. The van der Waals surface area contributed by atoms with Crippen molar-refractivity contribution < 1.29 is 4.21 Å². The molecule has 0 radical (unpaired) electrons. The topological polar surface area (TPSA) is 54.9 Å². The summed E-state index contributed by atoms with van der Waals surface area (Å²) in [6, 6.07) is 1.58. The van der Waals surface area contributed by atoms with Crippen LogP contribution in [0.4, 0.5) is 0 Å². The van der Waals surface area contributed by atoms with E-state index in [0.29, 0.717) is 10.2 Å². The lowest BCUT2D eigenvalue weighted by Crippen LogP contribution is -2.33. The van der Waals surface area contributed by atoms with Gasteiger partial charge in [0.1, 0.15) is 16.5 Å². The molecule has 1 aliphatic rings. The lowest BCUT2D eigenvalue weighted by atomic mass is 10.2. The maximum Gasteiger partial charge on any atom is 0.133 e. The van der Waals surface area contributed by atoms with Gasteiger partial charge >= 0.3 is 0 Å². The second-order valence-corrected chi connectivity index (χ2v) is 5.49. The van der Waals surface area contributed by atoms with E-state index >= 15 is 0 Å². The smallest absolute Gasteiger partial charge is 0.133 e. The number of hydrogen-bond donors (Lipinski definition) is 1. The Morgan fingerprint density at radius 1 is 1.40 bits per heavy atom. The van der Waals surface area contributed by atoms with Gasteiger partial charge in [-0.2, -0.15) is 0 Å². The molecule has 0 amide bonds. The molecule has 1 saturated heterocycles. The average molecular weight is 246 g/mol. The monoisotopic (exact) mass is 245 g/mol. The Labute approximate surface area is 95.9 Å². The number of aromatic nitrogens is 2. The first kappa shape index (κ1) is 11.0. The standard InChI is InChI=1S/C9H12ClN3OS/c10-8-5-9(13-6-12-8)15(14)7-1-3-11-4-2-7/h5-7,11H,1-4H2/t15-/m0/s1. The van der Waals surface area contributed by atoms with Gasteiger partial charge in [0, 0.05) is 11.3 Å². The maximum absolute atomic E-state index is 12.1. The third kappa shape index (κ3) is 2.74. The first-order valence-electron chi connectivity index (χ1n) is 4.86. The van der Waals surface area contributed by atoms with E-state index in [-0.39, 0.29) is 5.25 Å². The van der Waals surface area contributed by atoms with Gasteiger partial charge in [-0.3, -0.25) is 4.21 Å². The molecule has 4 nitrogen and oxygen atoms in total. The quantitative estimate of drug-likeness (QED) is 0.790. The lowest BCUT2D eigenvalue weighted by Gasteiger charge is -2.21. The summed E-state index contributed by atoms with van der Waals surface area (Å²) in [5.74, 6) is 0. The Hall–Kier alpha value is -0.520. The molecule has 0 bridgehead atoms. The van der Waals surface area contributed by atoms with Gasteiger partial charge in [-0.05, 0) is 25.9 Å². The van der Waals surface area contributed by atoms with Crippen molar-refractivity contribution in [3.8, 4) is 0 Å². The van der Waals surface area contributed by atoms with Gasteiger partial charge in [0.2, 0.25) is 0 Å². The zero-order valence-electron chi connectivity index (χ0n) is 8.15. The fraction of sp³-hybridized carbons (Fsp3) is 0.556. The second kappa shape index (κ2) is 5.01. The molecule has 0 spiro atoms. The van der Waals surface area contributed by atoms with Crippen LogP contribution in [0.15, 0.2) is 17.4 Å². The van der Waals surface area contributed by atoms with E-state index in [4.69, 9.17) is 11.6 Å². The van der Waals surface area contributed by atoms with Crippen molar-refractivity contribution >= 4 is 22.4 Å². The highest BCUT2D eigenvalue weighted by molar-refractivity contribution is 7.85. The third-order valence-corrected chi connectivity index (χ3v) is 4.32. The largest absolute Gasteiger partial charge is 0.317 e. The van der Waals surface area contributed by atoms with Crippen molar-refractivity contribution in [2.75, 3.05) is 13.1 Å². The van der Waals surface area contributed by atoms with Crippen molar-refractivity contribution in [1.29, 1.82) is 0 Å². The van der Waals surface area contributed by atoms with Gasteiger partial charge in [0.05, 0.1) is 10.8 Å². The highest BCUT2D eigenvalue weighted by Crippen LogP contribution is 2.17. The molecule has 0 aromatic carbocycles. The molecular weight excluding hydrogens is 234 g/mol. The summed E-state index contributed by atoms with van der Waals surface area (Å²) in [6.07, 6.45) is 3.21. The molecule has 1 fully saturated rings. The Morgan fingerprint density at radius 3 is 2.80 bits per heavy atom. The summed E-state index contributed by atoms with van der Waals surface area (Å²) in [6.45, 7) is 1.85. The minimum Gasteiger partial charge on any atom is -0.317 e. The van der Waals surface area contributed by atoms with E-state index in [9.17, 15) is 4.21 Å². The number of hydrogen-bond acceptors (Lipinski definition) is 4. The molecule has 82 valence electrons. The minimum atomic E-state index is -1.06. The fourth-order valence-corrected chi connectivity index (χ4v) is 3.20. The first-order chi connectivity index (χ1) is 7.27. The van der Waals surface area contributed by atoms with E-state index in [1.165, 1.54) is 6.33 Å². The molecule has 2 heterocycles. The van der Waals surface area contributed by atoms with Crippen LogP contribution >= 0.6 is 11.6 Å². The van der Waals surface area contributed by atoms with Gasteiger partial charge in [-0.25, -0.2) is 9.97 Å². The van der Waals surface area contributed by atoms with Gasteiger partial charge in [0.25, 0.3) is 0 Å². The molecule has 0 unspecified atom stereocenters. The molecular formula is C9H12ClN3OS. The second-order valence-electron chi connectivity index (χ2n) is 3.43. The Bertz CT molecular complexity index is 368. The van der Waals surface area contributed by atoms with E-state index in [2.05, 4.69) is 15.3 Å². The Morgan fingerprint density at radius 2 is 2.13 bits per heavy atom. The fourth-order valence-electron chi connectivity index (χ4n) is 1.61. The van der Waals surface area contributed by atoms with Gasteiger partial charge in [0.15, 0.2) is 0 Å². The molecule has 1 atom stereocenters. The van der Waals surface area contributed by atoms with Crippen LogP contribution in [0, 0.1) is 0 Å². The molecule has 1 N–H and O–H groups in total. The normalized spacial score (nSPS) is 20.1. The predicted molar refractivity (Wildman–Crippen MR) is 59.3 cm³/mol. The minimum absolute atomic E-state index is 0.192. The maximum atomic E-state index is 12.1. The predicted octanol–water partition coefficient (Wildman–Crippen LogP) is 0.990. The van der Waals surface area contributed by atoms with Gasteiger partial charge < -0.3 is 5.32 Å². The Balaban J connectivity index is 2.12. The van der Waals surface area contributed by atoms with Crippen molar-refractivity contribution in [3.63, 3.8) is 0 Å². The van der Waals surface area contributed by atoms with Crippen LogP contribution in [0.25, 0.3) is 0 Å². The highest BCUT2D eigenvalue weighted by atomic mass is 35.5. The molecule has 1 aliphatic heterocycles. The molecule has 0 saturated carbocycles. The van der Waals surface area contributed by atoms with Crippen LogP contribution < -0.4 is 5.32 Å². The van der Waals surface area contributed by atoms with Crippen molar-refractivity contribution in [2.24, 2.45) is 0 Å². The lowest BCUT2D eigenvalue weighted by molar-refractivity contribution is 0.518. The summed E-state index contributed by atoms with van der Waals surface area (Å²) in [4.78, 5) is 7.77. The van der Waals surface area contributed by atoms with Gasteiger partial charge in [-0.1, -0.05) is 11.6 Å². The van der Waals surface area contributed by atoms with Crippen molar-refractivity contribution in [1.82, 2.24) is 15.3 Å². The summed E-state index contributed by atoms with van der Waals surface area (Å²) < 4.78 is 12.1. The number of rotatable bonds is 2. The molecule has 1 aromatic rings. The zero-order chi connectivity index (χ0) is 10.7. The van der Waals surface area contributed by atoms with E-state index in [1.54, 1.807) is 6.07 Å². The van der Waals surface area contributed by atoms with E-state index in [0.717, 1.165) is 25.9 Å². The number of nitrogens with one attached hydrogen (secondary N) is 1. The van der Waals surface area contributed by atoms with Crippen molar-refractivity contribution in [2.45, 2.75) is 23.1 Å². The van der Waals surface area contributed by atoms with Crippen LogP contribution in [0.5, 0.6) is 0 Å². The highest BCUT2D eigenvalue weighted by Gasteiger charge is 2.21. The first-order valence-corrected chi connectivity index (χ1v) is 6.45. The number of nitrogens with zero attached hydrogens (tertiary/aromatic N) is 2. The number of halogens is 1. The number of piperidine rings is 1. The van der Waals surface area contributed by atoms with Crippen molar-refractivity contribution in [3.05, 3.63) is 17.5 Å². The Kier molecular flexibility index (Phi) is 3.66. The van der Waals surface area contributed by atoms with Crippen LogP contribution in [-0.2, 0) is 10.8 Å². The summed E-state index contributed by atoms with van der Waals surface area (Å²) in [7, 11) is -1.06. The van der Waals surface area contributed by atoms with Crippen LogP contribution in [0.1, 0.15) is 12.8 Å². The molecule has 0 aliphatic carbocycles. The SMILES string of the molecule is O=[S@](c1cc(Cl)ncn1)C1CCNCC1. The summed E-state index contributed by atoms with van der Waals surface area (Å²) in [5, 5.41) is 4.32. The van der Waals surface area contributed by atoms with E-state index in [1.807, 2.05) is 0 Å². The summed E-state index contributed by atoms with van der Waals surface area (Å²) in [5.41, 5.74) is 0. The van der Waals surface area contributed by atoms with Crippen LogP contribution in [0.2, 0.25) is 5.15 Å². The third-order valence-electron chi connectivity index (χ3n) is 2.40. The zero-order valence-corrected chi connectivity index (χ0v) is 9.72.